The molecular formula is C14H17N3OS. The molecule has 0 saturated carbocycles. The van der Waals surface area contributed by atoms with Crippen molar-refractivity contribution in [3.05, 3.63) is 52.0 Å². The highest BCUT2D eigenvalue weighted by atomic mass is 32.1. The van der Waals surface area contributed by atoms with Crippen molar-refractivity contribution in [1.29, 1.82) is 0 Å². The van der Waals surface area contributed by atoms with Crippen molar-refractivity contribution in [3.8, 4) is 0 Å². The van der Waals surface area contributed by atoms with Crippen LogP contribution < -0.4 is 5.73 Å². The summed E-state index contributed by atoms with van der Waals surface area (Å²) in [5, 5.41) is 2.97. The van der Waals surface area contributed by atoms with Crippen molar-refractivity contribution in [2.75, 3.05) is 7.05 Å². The highest BCUT2D eigenvalue weighted by Crippen LogP contribution is 2.15. The standard InChI is InChI=1S/C14H17N3OS/c1-10-16-12(9-19-10)8-17(2)14(18)13(15)11-6-4-3-5-7-11/h3-7,9,13H,8,15H2,1-2H3/t13-/m1/s1. The van der Waals surface area contributed by atoms with Crippen LogP contribution >= 0.6 is 11.3 Å². The number of likely N-dealkylation sites (N-methyl/N-ethyl adjacent to an activating group) is 1. The molecule has 0 aliphatic carbocycles. The van der Waals surface area contributed by atoms with E-state index in [9.17, 15) is 4.79 Å². The fourth-order valence-corrected chi connectivity index (χ4v) is 2.45. The zero-order valence-corrected chi connectivity index (χ0v) is 11.9. The monoisotopic (exact) mass is 275 g/mol. The number of carbonyl (C=O) groups excluding carboxylic acids is 1. The fraction of sp³-hybridized carbons (Fsp3) is 0.286. The molecule has 1 heterocycles. The van der Waals surface area contributed by atoms with Crippen LogP contribution in [0.3, 0.4) is 0 Å². The maximum atomic E-state index is 12.2. The molecule has 0 aliphatic rings. The number of thiazole rings is 1. The van der Waals surface area contributed by atoms with Crippen LogP contribution in [0.5, 0.6) is 0 Å². The molecule has 5 heteroatoms. The second-order valence-corrected chi connectivity index (χ2v) is 5.50. The van der Waals surface area contributed by atoms with E-state index in [0.29, 0.717) is 6.54 Å². The average molecular weight is 275 g/mol. The fourth-order valence-electron chi connectivity index (χ4n) is 1.84. The first-order valence-electron chi connectivity index (χ1n) is 6.04. The third-order valence-corrected chi connectivity index (χ3v) is 3.69. The van der Waals surface area contributed by atoms with Crippen LogP contribution in [0.4, 0.5) is 0 Å². The smallest absolute Gasteiger partial charge is 0.244 e. The molecule has 0 saturated heterocycles. The molecule has 0 fully saturated rings. The molecule has 100 valence electrons. The summed E-state index contributed by atoms with van der Waals surface area (Å²) in [7, 11) is 1.75. The zero-order valence-electron chi connectivity index (χ0n) is 11.0. The second-order valence-electron chi connectivity index (χ2n) is 4.44. The molecule has 0 radical (unpaired) electrons. The maximum absolute atomic E-state index is 12.2. The zero-order chi connectivity index (χ0) is 13.8. The van der Waals surface area contributed by atoms with Gasteiger partial charge in [0.15, 0.2) is 0 Å². The largest absolute Gasteiger partial charge is 0.338 e. The van der Waals surface area contributed by atoms with Crippen molar-refractivity contribution >= 4 is 17.2 Å². The van der Waals surface area contributed by atoms with Gasteiger partial charge in [0.1, 0.15) is 6.04 Å². The van der Waals surface area contributed by atoms with Crippen molar-refractivity contribution in [2.24, 2.45) is 5.73 Å². The van der Waals surface area contributed by atoms with E-state index in [1.165, 1.54) is 0 Å². The van der Waals surface area contributed by atoms with Crippen LogP contribution in [-0.2, 0) is 11.3 Å². The Labute approximate surface area is 116 Å². The number of nitrogens with two attached hydrogens (primary N) is 1. The van der Waals surface area contributed by atoms with E-state index in [4.69, 9.17) is 5.73 Å². The molecule has 4 nitrogen and oxygen atoms in total. The van der Waals surface area contributed by atoms with Crippen molar-refractivity contribution in [3.63, 3.8) is 0 Å². The summed E-state index contributed by atoms with van der Waals surface area (Å²) in [6, 6.07) is 8.78. The van der Waals surface area contributed by atoms with Gasteiger partial charge in [-0.25, -0.2) is 4.98 Å². The number of aryl methyl sites for hydroxylation is 1. The van der Waals surface area contributed by atoms with Crippen LogP contribution in [-0.4, -0.2) is 22.8 Å². The minimum atomic E-state index is -0.620. The van der Waals surface area contributed by atoms with Gasteiger partial charge in [0, 0.05) is 12.4 Å². The number of hydrogen-bond acceptors (Lipinski definition) is 4. The Kier molecular flexibility index (Phi) is 4.29. The third kappa shape index (κ3) is 3.39. The van der Waals surface area contributed by atoms with Crippen LogP contribution in [0.25, 0.3) is 0 Å². The number of carbonyl (C=O) groups is 1. The quantitative estimate of drug-likeness (QED) is 0.929. The molecular weight excluding hydrogens is 258 g/mol. The number of amides is 1. The number of benzene rings is 1. The van der Waals surface area contributed by atoms with Gasteiger partial charge in [-0.05, 0) is 12.5 Å². The Balaban J connectivity index is 2.03. The molecule has 0 spiro atoms. The SMILES string of the molecule is Cc1nc(CN(C)C(=O)[C@H](N)c2ccccc2)cs1. The lowest BCUT2D eigenvalue weighted by Gasteiger charge is -2.20. The minimum Gasteiger partial charge on any atom is -0.338 e. The number of nitrogens with zero attached hydrogens (tertiary/aromatic N) is 2. The van der Waals surface area contributed by atoms with E-state index in [2.05, 4.69) is 4.98 Å². The molecule has 0 unspecified atom stereocenters. The molecule has 2 N–H and O–H groups in total. The summed E-state index contributed by atoms with van der Waals surface area (Å²) >= 11 is 1.58. The van der Waals surface area contributed by atoms with Crippen molar-refractivity contribution in [1.82, 2.24) is 9.88 Å². The second kappa shape index (κ2) is 5.95. The van der Waals surface area contributed by atoms with Gasteiger partial charge in [-0.2, -0.15) is 0 Å². The molecule has 19 heavy (non-hydrogen) atoms. The lowest BCUT2D eigenvalue weighted by molar-refractivity contribution is -0.132. The van der Waals surface area contributed by atoms with Gasteiger partial charge < -0.3 is 10.6 Å². The lowest BCUT2D eigenvalue weighted by atomic mass is 10.1. The maximum Gasteiger partial charge on any atom is 0.244 e. The molecule has 1 aromatic heterocycles. The van der Waals surface area contributed by atoms with Gasteiger partial charge in [0.05, 0.1) is 17.2 Å². The van der Waals surface area contributed by atoms with Crippen LogP contribution in [0.15, 0.2) is 35.7 Å². The van der Waals surface area contributed by atoms with Crippen LogP contribution in [0, 0.1) is 6.92 Å². The summed E-state index contributed by atoms with van der Waals surface area (Å²) in [5.74, 6) is -0.100. The number of rotatable bonds is 4. The highest BCUT2D eigenvalue weighted by molar-refractivity contribution is 7.09. The summed E-state index contributed by atoms with van der Waals surface area (Å²) in [6.07, 6.45) is 0. The van der Waals surface area contributed by atoms with E-state index >= 15 is 0 Å². The normalized spacial score (nSPS) is 12.2. The molecule has 0 aliphatic heterocycles. The van der Waals surface area contributed by atoms with E-state index in [1.807, 2.05) is 42.6 Å². The Morgan fingerprint density at radius 1 is 1.42 bits per heavy atom. The van der Waals surface area contributed by atoms with Gasteiger partial charge in [-0.15, -0.1) is 11.3 Å². The van der Waals surface area contributed by atoms with Gasteiger partial charge in [-0.3, -0.25) is 4.79 Å². The Hall–Kier alpha value is -1.72. The Bertz CT molecular complexity index is 553. The topological polar surface area (TPSA) is 59.2 Å². The predicted octanol–water partition coefficient (Wildman–Crippen LogP) is 2.11. The number of hydrogen-bond donors (Lipinski definition) is 1. The first-order valence-corrected chi connectivity index (χ1v) is 6.92. The van der Waals surface area contributed by atoms with E-state index in [0.717, 1.165) is 16.3 Å². The Morgan fingerprint density at radius 3 is 2.68 bits per heavy atom. The van der Waals surface area contributed by atoms with Crippen molar-refractivity contribution in [2.45, 2.75) is 19.5 Å². The first kappa shape index (κ1) is 13.7. The molecule has 2 rings (SSSR count). The van der Waals surface area contributed by atoms with E-state index in [-0.39, 0.29) is 5.91 Å². The molecule has 1 atom stereocenters. The molecule has 2 aromatic rings. The van der Waals surface area contributed by atoms with E-state index < -0.39 is 6.04 Å². The van der Waals surface area contributed by atoms with E-state index in [1.54, 1.807) is 23.3 Å². The summed E-state index contributed by atoms with van der Waals surface area (Å²) in [6.45, 7) is 2.44. The summed E-state index contributed by atoms with van der Waals surface area (Å²) < 4.78 is 0. The van der Waals surface area contributed by atoms with Crippen molar-refractivity contribution < 1.29 is 4.79 Å². The number of aromatic nitrogens is 1. The average Bonchev–Trinajstić information content (AvgIpc) is 2.83. The lowest BCUT2D eigenvalue weighted by Crippen LogP contribution is -2.35. The van der Waals surface area contributed by atoms with Gasteiger partial charge in [-0.1, -0.05) is 30.3 Å². The predicted molar refractivity (Wildman–Crippen MR) is 76.7 cm³/mol. The third-order valence-electron chi connectivity index (χ3n) is 2.87. The molecule has 1 amide bonds. The van der Waals surface area contributed by atoms with Gasteiger partial charge in [0.25, 0.3) is 0 Å². The van der Waals surface area contributed by atoms with Crippen LogP contribution in [0.2, 0.25) is 0 Å². The molecule has 0 bridgehead atoms. The van der Waals surface area contributed by atoms with Crippen LogP contribution in [0.1, 0.15) is 22.3 Å². The Morgan fingerprint density at radius 2 is 2.11 bits per heavy atom. The minimum absolute atomic E-state index is 0.100. The summed E-state index contributed by atoms with van der Waals surface area (Å²) in [5.41, 5.74) is 7.72. The highest BCUT2D eigenvalue weighted by Gasteiger charge is 2.20. The molecule has 1 aromatic carbocycles. The summed E-state index contributed by atoms with van der Waals surface area (Å²) in [4.78, 5) is 18.2. The first-order chi connectivity index (χ1) is 9.08. The van der Waals surface area contributed by atoms with Gasteiger partial charge >= 0.3 is 0 Å². The van der Waals surface area contributed by atoms with Gasteiger partial charge in [0.2, 0.25) is 5.91 Å².